The molecule has 2 aromatic carbocycles. The van der Waals surface area contributed by atoms with Crippen LogP contribution in [0.2, 0.25) is 0 Å². The Morgan fingerprint density at radius 3 is 1.48 bits per heavy atom. The summed E-state index contributed by atoms with van der Waals surface area (Å²) in [6, 6.07) is 19.2. The molecule has 1 aliphatic heterocycles. The Labute approximate surface area is 153 Å². The molecule has 1 nitrogen and oxygen atoms in total. The van der Waals surface area contributed by atoms with Gasteiger partial charge in [0, 0.05) is 12.0 Å². The third kappa shape index (κ3) is 4.33. The van der Waals surface area contributed by atoms with Gasteiger partial charge >= 0.3 is 0 Å². The molecule has 1 N–H and O–H groups in total. The molecule has 2 aromatic rings. The third-order valence-electron chi connectivity index (χ3n) is 5.68. The predicted molar refractivity (Wildman–Crippen MR) is 109 cm³/mol. The fourth-order valence-corrected chi connectivity index (χ4v) is 4.00. The summed E-state index contributed by atoms with van der Waals surface area (Å²) in [5.74, 6) is 1.62. The molecule has 1 heteroatoms. The second kappa shape index (κ2) is 8.19. The molecule has 1 fully saturated rings. The van der Waals surface area contributed by atoms with E-state index in [-0.39, 0.29) is 0 Å². The zero-order chi connectivity index (χ0) is 17.8. The van der Waals surface area contributed by atoms with Gasteiger partial charge in [0.25, 0.3) is 0 Å². The van der Waals surface area contributed by atoms with Crippen LogP contribution >= 0.6 is 0 Å². The van der Waals surface area contributed by atoms with E-state index < -0.39 is 0 Å². The molecular weight excluding hydrogens is 302 g/mol. The maximum absolute atomic E-state index is 3.79. The summed E-state index contributed by atoms with van der Waals surface area (Å²) in [6.07, 6.45) is 3.91. The standard InChI is InChI=1S/C24H33N/c1-17(2)19-8-12-21(13-9-19)24(23-7-5-6-16-25-23)22-14-10-20(11-15-22)18(3)4/h8-15,17-18,23-25H,5-7,16H2,1-4H3. The van der Waals surface area contributed by atoms with E-state index in [1.807, 2.05) is 0 Å². The van der Waals surface area contributed by atoms with Gasteiger partial charge in [-0.1, -0.05) is 82.6 Å². The Kier molecular flexibility index (Phi) is 5.96. The molecule has 1 unspecified atom stereocenters. The summed E-state index contributed by atoms with van der Waals surface area (Å²) in [7, 11) is 0. The highest BCUT2D eigenvalue weighted by Crippen LogP contribution is 2.33. The molecule has 1 saturated heterocycles. The molecule has 1 aliphatic rings. The number of hydrogen-bond acceptors (Lipinski definition) is 1. The first-order valence-corrected chi connectivity index (χ1v) is 9.99. The van der Waals surface area contributed by atoms with Crippen molar-refractivity contribution in [3.8, 4) is 0 Å². The van der Waals surface area contributed by atoms with Crippen LogP contribution < -0.4 is 5.32 Å². The minimum Gasteiger partial charge on any atom is -0.313 e. The first kappa shape index (κ1) is 18.2. The van der Waals surface area contributed by atoms with Gasteiger partial charge in [-0.25, -0.2) is 0 Å². The molecule has 0 bridgehead atoms. The maximum Gasteiger partial charge on any atom is 0.0243 e. The predicted octanol–water partition coefficient (Wildman–Crippen LogP) is 6.21. The average Bonchev–Trinajstić information content (AvgIpc) is 2.64. The van der Waals surface area contributed by atoms with Crippen molar-refractivity contribution >= 4 is 0 Å². The number of benzene rings is 2. The van der Waals surface area contributed by atoms with E-state index in [1.54, 1.807) is 0 Å². The Morgan fingerprint density at radius 2 is 1.12 bits per heavy atom. The van der Waals surface area contributed by atoms with Crippen molar-refractivity contribution in [1.29, 1.82) is 0 Å². The van der Waals surface area contributed by atoms with E-state index in [0.29, 0.717) is 23.8 Å². The van der Waals surface area contributed by atoms with Crippen LogP contribution in [0.15, 0.2) is 48.5 Å². The lowest BCUT2D eigenvalue weighted by Gasteiger charge is -2.32. The molecule has 134 valence electrons. The van der Waals surface area contributed by atoms with Gasteiger partial charge in [-0.3, -0.25) is 0 Å². The van der Waals surface area contributed by atoms with E-state index >= 15 is 0 Å². The first-order valence-electron chi connectivity index (χ1n) is 9.99. The first-order chi connectivity index (χ1) is 12.1. The lowest BCUT2D eigenvalue weighted by Crippen LogP contribution is -2.39. The van der Waals surface area contributed by atoms with Crippen LogP contribution in [-0.4, -0.2) is 12.6 Å². The zero-order valence-corrected chi connectivity index (χ0v) is 16.3. The number of rotatable bonds is 5. The van der Waals surface area contributed by atoms with E-state index in [0.717, 1.165) is 6.54 Å². The number of hydrogen-bond donors (Lipinski definition) is 1. The van der Waals surface area contributed by atoms with Gasteiger partial charge in [0.05, 0.1) is 0 Å². The van der Waals surface area contributed by atoms with Crippen LogP contribution in [0.25, 0.3) is 0 Å². The normalized spacial score (nSPS) is 18.3. The topological polar surface area (TPSA) is 12.0 Å². The van der Waals surface area contributed by atoms with Crippen LogP contribution in [0.5, 0.6) is 0 Å². The summed E-state index contributed by atoms with van der Waals surface area (Å²) in [6.45, 7) is 10.2. The molecule has 0 aromatic heterocycles. The maximum atomic E-state index is 3.79. The van der Waals surface area contributed by atoms with Gasteiger partial charge in [0.1, 0.15) is 0 Å². The monoisotopic (exact) mass is 335 g/mol. The SMILES string of the molecule is CC(C)c1ccc(C(c2ccc(C(C)C)cc2)C2CCCCN2)cc1. The Balaban J connectivity index is 1.94. The second-order valence-corrected chi connectivity index (χ2v) is 8.18. The molecule has 0 aliphatic carbocycles. The minimum absolute atomic E-state index is 0.447. The number of nitrogens with one attached hydrogen (secondary N) is 1. The molecule has 0 spiro atoms. The van der Waals surface area contributed by atoms with Crippen LogP contribution in [0.4, 0.5) is 0 Å². The molecule has 1 atom stereocenters. The average molecular weight is 336 g/mol. The molecule has 1 heterocycles. The van der Waals surface area contributed by atoms with Crippen molar-refractivity contribution in [2.24, 2.45) is 0 Å². The van der Waals surface area contributed by atoms with E-state index in [4.69, 9.17) is 0 Å². The molecule has 3 rings (SSSR count). The van der Waals surface area contributed by atoms with Crippen LogP contribution in [0.3, 0.4) is 0 Å². The van der Waals surface area contributed by atoms with Crippen LogP contribution in [-0.2, 0) is 0 Å². The lowest BCUT2D eigenvalue weighted by molar-refractivity contribution is 0.372. The van der Waals surface area contributed by atoms with Crippen LogP contribution in [0.1, 0.15) is 87.0 Å². The molecule has 0 radical (unpaired) electrons. The van der Waals surface area contributed by atoms with Crippen molar-refractivity contribution in [2.75, 3.05) is 6.54 Å². The summed E-state index contributed by atoms with van der Waals surface area (Å²) in [4.78, 5) is 0. The smallest absolute Gasteiger partial charge is 0.0243 e. The van der Waals surface area contributed by atoms with Crippen molar-refractivity contribution in [2.45, 2.75) is 70.8 Å². The van der Waals surface area contributed by atoms with E-state index in [2.05, 4.69) is 81.5 Å². The van der Waals surface area contributed by atoms with Crippen LogP contribution in [0, 0.1) is 0 Å². The van der Waals surface area contributed by atoms with Crippen molar-refractivity contribution in [1.82, 2.24) is 5.32 Å². The van der Waals surface area contributed by atoms with Gasteiger partial charge < -0.3 is 5.32 Å². The van der Waals surface area contributed by atoms with E-state index in [1.165, 1.54) is 41.5 Å². The van der Waals surface area contributed by atoms with Gasteiger partial charge in [-0.2, -0.15) is 0 Å². The van der Waals surface area contributed by atoms with Crippen molar-refractivity contribution in [3.05, 3.63) is 70.8 Å². The summed E-state index contributed by atoms with van der Waals surface area (Å²) < 4.78 is 0. The fraction of sp³-hybridized carbons (Fsp3) is 0.500. The summed E-state index contributed by atoms with van der Waals surface area (Å²) in [5, 5.41) is 3.79. The molecule has 0 amide bonds. The largest absolute Gasteiger partial charge is 0.313 e. The van der Waals surface area contributed by atoms with Crippen molar-refractivity contribution < 1.29 is 0 Å². The van der Waals surface area contributed by atoms with Gasteiger partial charge in [0.15, 0.2) is 0 Å². The quantitative estimate of drug-likeness (QED) is 0.685. The minimum atomic E-state index is 0.447. The highest BCUT2D eigenvalue weighted by Gasteiger charge is 2.26. The Bertz CT molecular complexity index is 594. The fourth-order valence-electron chi connectivity index (χ4n) is 4.00. The second-order valence-electron chi connectivity index (χ2n) is 8.18. The highest BCUT2D eigenvalue weighted by molar-refractivity contribution is 5.38. The molecule has 25 heavy (non-hydrogen) atoms. The van der Waals surface area contributed by atoms with Crippen molar-refractivity contribution in [3.63, 3.8) is 0 Å². The summed E-state index contributed by atoms with van der Waals surface area (Å²) >= 11 is 0. The molecular formula is C24H33N. The number of piperidine rings is 1. The van der Waals surface area contributed by atoms with E-state index in [9.17, 15) is 0 Å². The highest BCUT2D eigenvalue weighted by atomic mass is 14.9. The Morgan fingerprint density at radius 1 is 0.680 bits per heavy atom. The Hall–Kier alpha value is -1.60. The van der Waals surface area contributed by atoms with Gasteiger partial charge in [-0.15, -0.1) is 0 Å². The van der Waals surface area contributed by atoms with Gasteiger partial charge in [0.2, 0.25) is 0 Å². The zero-order valence-electron chi connectivity index (χ0n) is 16.3. The summed E-state index contributed by atoms with van der Waals surface area (Å²) in [5.41, 5.74) is 5.74. The van der Waals surface area contributed by atoms with Gasteiger partial charge in [-0.05, 0) is 53.5 Å². The lowest BCUT2D eigenvalue weighted by atomic mass is 9.80. The third-order valence-corrected chi connectivity index (χ3v) is 5.68. The molecule has 0 saturated carbocycles.